The molecule has 4 nitrogen and oxygen atoms in total. The quantitative estimate of drug-likeness (QED) is 0.824. The summed E-state index contributed by atoms with van der Waals surface area (Å²) in [5.41, 5.74) is 6.84. The average molecular weight is 220 g/mol. The predicted octanol–water partition coefficient (Wildman–Crippen LogP) is 1.71. The van der Waals surface area contributed by atoms with Gasteiger partial charge >= 0.3 is 0 Å². The number of nitrogens with zero attached hydrogens (tertiary/aromatic N) is 3. The number of hydrogen-bond acceptors (Lipinski definition) is 4. The van der Waals surface area contributed by atoms with Crippen LogP contribution in [0.5, 0.6) is 0 Å². The minimum atomic E-state index is 0.543. The van der Waals surface area contributed by atoms with Gasteiger partial charge in [-0.3, -0.25) is 0 Å². The highest BCUT2D eigenvalue weighted by atomic mass is 15.3. The average Bonchev–Trinajstić information content (AvgIpc) is 2.29. The first-order valence-corrected chi connectivity index (χ1v) is 6.17. The molecule has 0 saturated carbocycles. The fourth-order valence-electron chi connectivity index (χ4n) is 2.24. The molecule has 0 bridgehead atoms. The van der Waals surface area contributed by atoms with Crippen LogP contribution in [0.25, 0.3) is 0 Å². The molecule has 16 heavy (non-hydrogen) atoms. The second-order valence-corrected chi connectivity index (χ2v) is 4.34. The van der Waals surface area contributed by atoms with Crippen molar-refractivity contribution in [1.82, 2.24) is 10.2 Å². The normalized spacial score (nSPS) is 17.9. The van der Waals surface area contributed by atoms with E-state index >= 15 is 0 Å². The Bertz CT molecular complexity index is 319. The van der Waals surface area contributed by atoms with Crippen LogP contribution in [0.15, 0.2) is 12.3 Å². The second-order valence-electron chi connectivity index (χ2n) is 4.34. The zero-order valence-electron chi connectivity index (χ0n) is 9.73. The van der Waals surface area contributed by atoms with Gasteiger partial charge in [0.15, 0.2) is 5.82 Å². The number of hydrogen-bond donors (Lipinski definition) is 1. The van der Waals surface area contributed by atoms with E-state index in [0.717, 1.165) is 24.5 Å². The fraction of sp³-hybridized carbons (Fsp3) is 0.667. The van der Waals surface area contributed by atoms with Crippen LogP contribution in [0.2, 0.25) is 0 Å². The van der Waals surface area contributed by atoms with Gasteiger partial charge in [-0.2, -0.15) is 5.10 Å². The molecule has 0 atom stereocenters. The van der Waals surface area contributed by atoms with Crippen LogP contribution in [0.3, 0.4) is 0 Å². The van der Waals surface area contributed by atoms with E-state index in [-0.39, 0.29) is 0 Å². The van der Waals surface area contributed by atoms with Gasteiger partial charge in [0.2, 0.25) is 0 Å². The molecule has 0 aromatic carbocycles. The summed E-state index contributed by atoms with van der Waals surface area (Å²) in [5, 5.41) is 8.22. The summed E-state index contributed by atoms with van der Waals surface area (Å²) in [5.74, 6) is 0.992. The van der Waals surface area contributed by atoms with Crippen LogP contribution in [0.1, 0.15) is 37.7 Å². The Morgan fingerprint density at radius 3 is 2.50 bits per heavy atom. The highest BCUT2D eigenvalue weighted by Crippen LogP contribution is 2.19. The van der Waals surface area contributed by atoms with Crippen molar-refractivity contribution in [3.8, 4) is 0 Å². The maximum atomic E-state index is 5.73. The zero-order valence-corrected chi connectivity index (χ0v) is 9.73. The van der Waals surface area contributed by atoms with E-state index in [1.54, 1.807) is 6.20 Å². The highest BCUT2D eigenvalue weighted by molar-refractivity contribution is 5.45. The van der Waals surface area contributed by atoms with Crippen molar-refractivity contribution >= 4 is 5.82 Å². The molecule has 1 aromatic rings. The molecule has 0 aliphatic carbocycles. The van der Waals surface area contributed by atoms with Crippen molar-refractivity contribution in [2.45, 2.75) is 38.6 Å². The number of anilines is 1. The zero-order chi connectivity index (χ0) is 11.2. The first-order valence-electron chi connectivity index (χ1n) is 6.17. The smallest absolute Gasteiger partial charge is 0.155 e. The maximum absolute atomic E-state index is 5.73. The summed E-state index contributed by atoms with van der Waals surface area (Å²) in [4.78, 5) is 2.34. The minimum absolute atomic E-state index is 0.543. The first kappa shape index (κ1) is 11.3. The van der Waals surface area contributed by atoms with Gasteiger partial charge in [-0.1, -0.05) is 19.3 Å². The van der Waals surface area contributed by atoms with Gasteiger partial charge in [-0.15, -0.1) is 5.10 Å². The van der Waals surface area contributed by atoms with Crippen molar-refractivity contribution in [2.75, 3.05) is 18.0 Å². The molecule has 0 spiro atoms. The van der Waals surface area contributed by atoms with Gasteiger partial charge in [0.25, 0.3) is 0 Å². The van der Waals surface area contributed by atoms with E-state index in [0.29, 0.717) is 6.54 Å². The molecule has 0 amide bonds. The maximum Gasteiger partial charge on any atom is 0.155 e. The Morgan fingerprint density at radius 1 is 1.12 bits per heavy atom. The van der Waals surface area contributed by atoms with Crippen molar-refractivity contribution < 1.29 is 0 Å². The third-order valence-electron chi connectivity index (χ3n) is 3.16. The van der Waals surface area contributed by atoms with Gasteiger partial charge in [-0.25, -0.2) is 0 Å². The third kappa shape index (κ3) is 2.70. The monoisotopic (exact) mass is 220 g/mol. The van der Waals surface area contributed by atoms with Crippen LogP contribution >= 0.6 is 0 Å². The van der Waals surface area contributed by atoms with E-state index in [1.165, 1.54) is 32.1 Å². The van der Waals surface area contributed by atoms with Crippen LogP contribution in [0.4, 0.5) is 5.82 Å². The topological polar surface area (TPSA) is 55.0 Å². The van der Waals surface area contributed by atoms with Crippen LogP contribution in [-0.2, 0) is 6.54 Å². The van der Waals surface area contributed by atoms with Gasteiger partial charge in [0.1, 0.15) is 0 Å². The van der Waals surface area contributed by atoms with E-state index in [9.17, 15) is 0 Å². The van der Waals surface area contributed by atoms with Gasteiger partial charge in [-0.05, 0) is 18.9 Å². The molecule has 1 aromatic heterocycles. The van der Waals surface area contributed by atoms with E-state index in [4.69, 9.17) is 5.73 Å². The Labute approximate surface area is 96.9 Å². The molecule has 2 N–H and O–H groups in total. The van der Waals surface area contributed by atoms with Crippen LogP contribution in [-0.4, -0.2) is 23.3 Å². The Morgan fingerprint density at radius 2 is 1.81 bits per heavy atom. The van der Waals surface area contributed by atoms with Crippen LogP contribution in [0, 0.1) is 0 Å². The summed E-state index contributed by atoms with van der Waals surface area (Å²) in [6, 6.07) is 1.97. The molecule has 0 radical (unpaired) electrons. The fourth-order valence-corrected chi connectivity index (χ4v) is 2.24. The summed E-state index contributed by atoms with van der Waals surface area (Å²) in [7, 11) is 0. The Hall–Kier alpha value is -1.16. The molecule has 1 fully saturated rings. The molecule has 2 rings (SSSR count). The van der Waals surface area contributed by atoms with Gasteiger partial charge in [0.05, 0.1) is 6.20 Å². The molecule has 4 heteroatoms. The summed E-state index contributed by atoms with van der Waals surface area (Å²) in [6.45, 7) is 2.72. The van der Waals surface area contributed by atoms with E-state index < -0.39 is 0 Å². The molecule has 1 aliphatic rings. The SMILES string of the molecule is NCc1ccnnc1N1CCCCCCC1. The minimum Gasteiger partial charge on any atom is -0.355 e. The molecular weight excluding hydrogens is 200 g/mol. The number of nitrogens with two attached hydrogens (primary N) is 1. The summed E-state index contributed by atoms with van der Waals surface area (Å²) >= 11 is 0. The molecule has 1 saturated heterocycles. The molecule has 88 valence electrons. The first-order chi connectivity index (χ1) is 7.92. The van der Waals surface area contributed by atoms with Gasteiger partial charge < -0.3 is 10.6 Å². The van der Waals surface area contributed by atoms with Crippen LogP contribution < -0.4 is 10.6 Å². The highest BCUT2D eigenvalue weighted by Gasteiger charge is 2.13. The van der Waals surface area contributed by atoms with Crippen molar-refractivity contribution in [3.05, 3.63) is 17.8 Å². The predicted molar refractivity (Wildman–Crippen MR) is 65.2 cm³/mol. The van der Waals surface area contributed by atoms with E-state index in [1.807, 2.05) is 6.07 Å². The summed E-state index contributed by atoms with van der Waals surface area (Å²) < 4.78 is 0. The Balaban J connectivity index is 2.13. The summed E-state index contributed by atoms with van der Waals surface area (Å²) in [6.07, 6.45) is 8.25. The van der Waals surface area contributed by atoms with Crippen molar-refractivity contribution in [1.29, 1.82) is 0 Å². The van der Waals surface area contributed by atoms with Gasteiger partial charge in [0, 0.05) is 25.2 Å². The molecular formula is C12H20N4. The Kier molecular flexibility index (Phi) is 4.10. The van der Waals surface area contributed by atoms with E-state index in [2.05, 4.69) is 15.1 Å². The second kappa shape index (κ2) is 5.80. The molecule has 2 heterocycles. The number of aromatic nitrogens is 2. The molecule has 1 aliphatic heterocycles. The third-order valence-corrected chi connectivity index (χ3v) is 3.16. The lowest BCUT2D eigenvalue weighted by atomic mass is 10.1. The standard InChI is InChI=1S/C12H20N4/c13-10-11-6-7-14-15-12(11)16-8-4-2-1-3-5-9-16/h6-7H,1-5,8-10,13H2. The lowest BCUT2D eigenvalue weighted by molar-refractivity contribution is 0.551. The molecule has 0 unspecified atom stereocenters. The lowest BCUT2D eigenvalue weighted by Crippen LogP contribution is -2.29. The largest absolute Gasteiger partial charge is 0.355 e. The lowest BCUT2D eigenvalue weighted by Gasteiger charge is -2.26. The van der Waals surface area contributed by atoms with Crippen molar-refractivity contribution in [3.63, 3.8) is 0 Å². The van der Waals surface area contributed by atoms with Crippen molar-refractivity contribution in [2.24, 2.45) is 5.73 Å². The number of rotatable bonds is 2.